The first-order valence-corrected chi connectivity index (χ1v) is 9.29. The third kappa shape index (κ3) is 6.47. The van der Waals surface area contributed by atoms with Gasteiger partial charge < -0.3 is 19.9 Å². The van der Waals surface area contributed by atoms with Crippen molar-refractivity contribution in [2.75, 3.05) is 20.3 Å². The van der Waals surface area contributed by atoms with Crippen LogP contribution in [-0.2, 0) is 22.1 Å². The summed E-state index contributed by atoms with van der Waals surface area (Å²) >= 11 is 0.507. The summed E-state index contributed by atoms with van der Waals surface area (Å²) in [4.78, 5) is 14.6. The molecule has 0 saturated carbocycles. The van der Waals surface area contributed by atoms with Crippen LogP contribution >= 0.6 is 11.3 Å². The molecule has 0 amide bonds. The molecule has 0 aliphatic rings. The van der Waals surface area contributed by atoms with E-state index >= 15 is 0 Å². The lowest BCUT2D eigenvalue weighted by Gasteiger charge is -2.20. The van der Waals surface area contributed by atoms with Gasteiger partial charge in [0.15, 0.2) is 11.6 Å². The molecule has 0 radical (unpaired) electrons. The molecular weight excluding hydrogens is 397 g/mol. The number of thiazole rings is 1. The summed E-state index contributed by atoms with van der Waals surface area (Å²) in [5.74, 6) is 0.0396. The van der Waals surface area contributed by atoms with E-state index in [-0.39, 0.29) is 24.9 Å². The highest BCUT2D eigenvalue weighted by molar-refractivity contribution is 7.09. The Kier molecular flexibility index (Phi) is 7.78. The molecule has 2 unspecified atom stereocenters. The van der Waals surface area contributed by atoms with Crippen molar-refractivity contribution in [3.8, 4) is 5.75 Å². The van der Waals surface area contributed by atoms with Gasteiger partial charge in [0.1, 0.15) is 5.75 Å². The number of alkyl halides is 3. The molecule has 0 saturated heterocycles. The van der Waals surface area contributed by atoms with Crippen molar-refractivity contribution in [3.63, 3.8) is 0 Å². The van der Waals surface area contributed by atoms with Crippen molar-refractivity contribution in [3.05, 3.63) is 45.9 Å². The van der Waals surface area contributed by atoms with Gasteiger partial charge in [0.25, 0.3) is 0 Å². The molecule has 154 valence electrons. The first kappa shape index (κ1) is 22.1. The summed E-state index contributed by atoms with van der Waals surface area (Å²) < 4.78 is 47.9. The summed E-state index contributed by atoms with van der Waals surface area (Å²) in [6.45, 7) is 1.31. The van der Waals surface area contributed by atoms with Gasteiger partial charge in [-0.05, 0) is 31.0 Å². The van der Waals surface area contributed by atoms with Crippen LogP contribution in [0.25, 0.3) is 0 Å². The zero-order valence-corrected chi connectivity index (χ0v) is 16.1. The van der Waals surface area contributed by atoms with Crippen LogP contribution in [0.5, 0.6) is 5.75 Å². The number of esters is 1. The van der Waals surface area contributed by atoms with Crippen molar-refractivity contribution in [1.29, 1.82) is 0 Å². The first-order chi connectivity index (χ1) is 13.2. The zero-order valence-electron chi connectivity index (χ0n) is 15.3. The van der Waals surface area contributed by atoms with E-state index < -0.39 is 23.2 Å². The molecule has 0 aliphatic carbocycles. The summed E-state index contributed by atoms with van der Waals surface area (Å²) in [5, 5.41) is 13.0. The number of methoxy groups -OCH3 is 1. The average molecular weight is 418 g/mol. The Morgan fingerprint density at radius 2 is 2.00 bits per heavy atom. The highest BCUT2D eigenvalue weighted by Gasteiger charge is 2.35. The van der Waals surface area contributed by atoms with Gasteiger partial charge in [-0.3, -0.25) is 0 Å². The monoisotopic (exact) mass is 418 g/mol. The number of aromatic nitrogens is 1. The van der Waals surface area contributed by atoms with Crippen LogP contribution in [0, 0.1) is 0 Å². The first-order valence-electron chi connectivity index (χ1n) is 8.41. The van der Waals surface area contributed by atoms with Gasteiger partial charge in [0, 0.05) is 11.4 Å². The van der Waals surface area contributed by atoms with E-state index in [4.69, 9.17) is 4.74 Å². The summed E-state index contributed by atoms with van der Waals surface area (Å²) in [5.41, 5.74) is 1.12. The Bertz CT molecular complexity index is 765. The van der Waals surface area contributed by atoms with Crippen LogP contribution in [0.4, 0.5) is 13.2 Å². The highest BCUT2D eigenvalue weighted by Crippen LogP contribution is 2.33. The fourth-order valence-corrected chi connectivity index (χ4v) is 3.23. The number of carbonyl (C=O) groups excluding carboxylic acids is 1. The number of benzene rings is 1. The van der Waals surface area contributed by atoms with Crippen LogP contribution in [0.1, 0.15) is 29.2 Å². The van der Waals surface area contributed by atoms with E-state index in [1.165, 1.54) is 12.5 Å². The molecule has 2 N–H and O–H groups in total. The van der Waals surface area contributed by atoms with Crippen molar-refractivity contribution in [2.45, 2.75) is 31.6 Å². The van der Waals surface area contributed by atoms with Crippen LogP contribution in [0.15, 0.2) is 29.6 Å². The fourth-order valence-electron chi connectivity index (χ4n) is 2.49. The van der Waals surface area contributed by atoms with Gasteiger partial charge >= 0.3 is 12.1 Å². The number of hydrogen-bond acceptors (Lipinski definition) is 7. The molecule has 10 heteroatoms. The number of halogens is 3. The third-order valence-electron chi connectivity index (χ3n) is 3.84. The lowest BCUT2D eigenvalue weighted by atomic mass is 10.1. The van der Waals surface area contributed by atoms with Crippen molar-refractivity contribution < 1.29 is 32.5 Å². The average Bonchev–Trinajstić information content (AvgIpc) is 3.15. The molecule has 2 atom stereocenters. The quantitative estimate of drug-likeness (QED) is 0.610. The summed E-state index contributed by atoms with van der Waals surface area (Å²) in [6, 6.07) is 6.25. The molecule has 1 aromatic heterocycles. The minimum absolute atomic E-state index is 0.130. The van der Waals surface area contributed by atoms with E-state index in [0.717, 1.165) is 5.56 Å². The zero-order chi connectivity index (χ0) is 20.7. The molecule has 0 aliphatic heterocycles. The van der Waals surface area contributed by atoms with Gasteiger partial charge in [0.2, 0.25) is 0 Å². The molecule has 0 bridgehead atoms. The normalized spacial score (nSPS) is 13.8. The lowest BCUT2D eigenvalue weighted by Crippen LogP contribution is -2.34. The van der Waals surface area contributed by atoms with Crippen molar-refractivity contribution in [1.82, 2.24) is 10.3 Å². The maximum absolute atomic E-state index is 12.7. The Morgan fingerprint density at radius 1 is 1.32 bits per heavy atom. The molecule has 0 spiro atoms. The van der Waals surface area contributed by atoms with Gasteiger partial charge in [-0.2, -0.15) is 13.2 Å². The number of nitrogens with zero attached hydrogens (tertiary/aromatic N) is 1. The highest BCUT2D eigenvalue weighted by atomic mass is 32.1. The minimum Gasteiger partial charge on any atom is -0.482 e. The number of hydrogen-bond donors (Lipinski definition) is 2. The van der Waals surface area contributed by atoms with E-state index in [1.807, 2.05) is 19.1 Å². The molecular formula is C18H21F3N2O4S. The molecule has 2 aromatic rings. The predicted molar refractivity (Wildman–Crippen MR) is 97.2 cm³/mol. The molecule has 6 nitrogen and oxygen atoms in total. The Morgan fingerprint density at radius 3 is 2.54 bits per heavy atom. The van der Waals surface area contributed by atoms with Gasteiger partial charge in [0.05, 0.1) is 25.5 Å². The molecule has 28 heavy (non-hydrogen) atoms. The SMILES string of the molecule is COC(=O)COc1ccc(CC(C)NC(CO)c2csc(C(F)(F)F)n2)cc1. The molecule has 2 rings (SSSR count). The smallest absolute Gasteiger partial charge is 0.443 e. The largest absolute Gasteiger partial charge is 0.482 e. The second-order valence-corrected chi connectivity index (χ2v) is 6.95. The standard InChI is InChI=1S/C18H21F3N2O4S/c1-11(7-12-3-5-13(6-4-12)27-9-16(25)26-2)22-14(8-24)15-10-28-17(23-15)18(19,20)21/h3-6,10-11,14,22,24H,7-9H2,1-2H3. The van der Waals surface area contributed by atoms with Crippen molar-refractivity contribution >= 4 is 17.3 Å². The number of carbonyl (C=O) groups is 1. The van der Waals surface area contributed by atoms with Crippen molar-refractivity contribution in [2.24, 2.45) is 0 Å². The number of aliphatic hydroxyl groups excluding tert-OH is 1. The Labute approximate surface area is 164 Å². The van der Waals surface area contributed by atoms with E-state index in [9.17, 15) is 23.1 Å². The lowest BCUT2D eigenvalue weighted by molar-refractivity contribution is -0.143. The fraction of sp³-hybridized carbons (Fsp3) is 0.444. The maximum Gasteiger partial charge on any atom is 0.443 e. The minimum atomic E-state index is -4.49. The van der Waals surface area contributed by atoms with Crippen LogP contribution in [0.2, 0.25) is 0 Å². The van der Waals surface area contributed by atoms with Crippen LogP contribution in [0.3, 0.4) is 0 Å². The molecule has 1 heterocycles. The topological polar surface area (TPSA) is 80.7 Å². The Balaban J connectivity index is 1.92. The second kappa shape index (κ2) is 9.85. The van der Waals surface area contributed by atoms with E-state index in [1.54, 1.807) is 12.1 Å². The third-order valence-corrected chi connectivity index (χ3v) is 4.74. The number of aliphatic hydroxyl groups is 1. The van der Waals surface area contributed by atoms with E-state index in [0.29, 0.717) is 23.5 Å². The Hall–Kier alpha value is -2.17. The summed E-state index contributed by atoms with van der Waals surface area (Å²) in [6.07, 6.45) is -3.92. The van der Waals surface area contributed by atoms with E-state index in [2.05, 4.69) is 15.0 Å². The second-order valence-electron chi connectivity index (χ2n) is 6.09. The number of ether oxygens (including phenoxy) is 2. The number of rotatable bonds is 9. The maximum atomic E-state index is 12.7. The van der Waals surface area contributed by atoms with Gasteiger partial charge in [-0.25, -0.2) is 9.78 Å². The molecule has 0 fully saturated rings. The predicted octanol–water partition coefficient (Wildman–Crippen LogP) is 2.97. The van der Waals surface area contributed by atoms with Gasteiger partial charge in [-0.15, -0.1) is 11.3 Å². The summed E-state index contributed by atoms with van der Waals surface area (Å²) in [7, 11) is 1.28. The molecule has 1 aromatic carbocycles. The van der Waals surface area contributed by atoms with Crippen LogP contribution in [-0.4, -0.2) is 42.4 Å². The van der Waals surface area contributed by atoms with Gasteiger partial charge in [-0.1, -0.05) is 12.1 Å². The number of nitrogens with one attached hydrogen (secondary N) is 1. The van der Waals surface area contributed by atoms with Crippen LogP contribution < -0.4 is 10.1 Å².